The molecular weight excluding hydrogens is 216 g/mol. The van der Waals surface area contributed by atoms with Crippen LogP contribution in [-0.2, 0) is 16.6 Å². The molecule has 0 saturated heterocycles. The molecule has 1 aromatic heterocycles. The van der Waals surface area contributed by atoms with Crippen molar-refractivity contribution in [1.29, 1.82) is 0 Å². The quantitative estimate of drug-likeness (QED) is 0.761. The van der Waals surface area contributed by atoms with E-state index in [1.165, 1.54) is 13.2 Å². The molecule has 0 amide bonds. The molecule has 84 valence electrons. The molecule has 1 N–H and O–H groups in total. The summed E-state index contributed by atoms with van der Waals surface area (Å²) in [5.41, 5.74) is 0.792. The number of hydrogen-bond acceptors (Lipinski definition) is 5. The van der Waals surface area contributed by atoms with Gasteiger partial charge in [0.1, 0.15) is 0 Å². The van der Waals surface area contributed by atoms with Crippen molar-refractivity contribution in [2.45, 2.75) is 6.54 Å². The van der Waals surface area contributed by atoms with Crippen molar-refractivity contribution in [2.24, 2.45) is 0 Å². The molecule has 0 fully saturated rings. The van der Waals surface area contributed by atoms with E-state index >= 15 is 0 Å². The molecule has 0 spiro atoms. The lowest BCUT2D eigenvalue weighted by Crippen LogP contribution is -2.27. The van der Waals surface area contributed by atoms with Crippen LogP contribution in [0.4, 0.5) is 5.82 Å². The number of nitrogens with zero attached hydrogens (tertiary/aromatic N) is 3. The van der Waals surface area contributed by atoms with E-state index in [9.17, 15) is 8.42 Å². The summed E-state index contributed by atoms with van der Waals surface area (Å²) < 4.78 is 23.8. The van der Waals surface area contributed by atoms with Crippen molar-refractivity contribution >= 4 is 15.8 Å². The Labute approximate surface area is 89.4 Å². The predicted molar refractivity (Wildman–Crippen MR) is 58.0 cm³/mol. The first kappa shape index (κ1) is 11.9. The van der Waals surface area contributed by atoms with Gasteiger partial charge in [-0.15, -0.1) is 5.10 Å². The number of aromatic nitrogens is 2. The minimum atomic E-state index is -3.29. The van der Waals surface area contributed by atoms with E-state index in [0.717, 1.165) is 16.1 Å². The van der Waals surface area contributed by atoms with Crippen molar-refractivity contribution in [3.8, 4) is 0 Å². The Bertz CT molecular complexity index is 432. The first-order chi connectivity index (χ1) is 6.96. The number of nitrogens with one attached hydrogen (secondary N) is 1. The second kappa shape index (κ2) is 4.54. The second-order valence-electron chi connectivity index (χ2n) is 3.14. The Morgan fingerprint density at radius 2 is 2.20 bits per heavy atom. The zero-order chi connectivity index (χ0) is 11.5. The lowest BCUT2D eigenvalue weighted by molar-refractivity contribution is 0.599. The number of hydrogen-bond donors (Lipinski definition) is 1. The van der Waals surface area contributed by atoms with Gasteiger partial charge in [-0.3, -0.25) is 4.31 Å². The largest absolute Gasteiger partial charge is 0.316 e. The SMILES string of the molecule is CNCc1ccnnc1N(C)S(C)(=O)=O. The van der Waals surface area contributed by atoms with Crippen LogP contribution >= 0.6 is 0 Å². The van der Waals surface area contributed by atoms with Crippen LogP contribution in [0.15, 0.2) is 12.3 Å². The summed E-state index contributed by atoms with van der Waals surface area (Å²) in [7, 11) is -0.0544. The minimum absolute atomic E-state index is 0.356. The molecule has 6 nitrogen and oxygen atoms in total. The summed E-state index contributed by atoms with van der Waals surface area (Å²) >= 11 is 0. The Morgan fingerprint density at radius 1 is 1.53 bits per heavy atom. The van der Waals surface area contributed by atoms with Crippen LogP contribution in [-0.4, -0.2) is 39.0 Å². The lowest BCUT2D eigenvalue weighted by Gasteiger charge is -2.17. The Balaban J connectivity index is 3.13. The van der Waals surface area contributed by atoms with Gasteiger partial charge in [0, 0.05) is 19.2 Å². The number of anilines is 1. The summed E-state index contributed by atoms with van der Waals surface area (Å²) in [4.78, 5) is 0. The van der Waals surface area contributed by atoms with Crippen LogP contribution in [0.5, 0.6) is 0 Å². The summed E-state index contributed by atoms with van der Waals surface area (Å²) in [6, 6.07) is 1.74. The zero-order valence-corrected chi connectivity index (χ0v) is 9.74. The summed E-state index contributed by atoms with van der Waals surface area (Å²) in [5.74, 6) is 0.356. The molecule has 0 unspecified atom stereocenters. The van der Waals surface area contributed by atoms with Gasteiger partial charge in [-0.2, -0.15) is 5.10 Å². The highest BCUT2D eigenvalue weighted by molar-refractivity contribution is 7.92. The van der Waals surface area contributed by atoms with Crippen LogP contribution in [0.1, 0.15) is 5.56 Å². The van der Waals surface area contributed by atoms with E-state index in [4.69, 9.17) is 0 Å². The Morgan fingerprint density at radius 3 is 2.73 bits per heavy atom. The average molecular weight is 230 g/mol. The van der Waals surface area contributed by atoms with Crippen LogP contribution in [0.3, 0.4) is 0 Å². The maximum Gasteiger partial charge on any atom is 0.233 e. The maximum atomic E-state index is 11.3. The van der Waals surface area contributed by atoms with Crippen molar-refractivity contribution in [3.63, 3.8) is 0 Å². The average Bonchev–Trinajstić information content (AvgIpc) is 2.17. The minimum Gasteiger partial charge on any atom is -0.316 e. The van der Waals surface area contributed by atoms with E-state index in [2.05, 4.69) is 15.5 Å². The normalized spacial score (nSPS) is 11.4. The van der Waals surface area contributed by atoms with Crippen LogP contribution in [0.2, 0.25) is 0 Å². The number of sulfonamides is 1. The van der Waals surface area contributed by atoms with Gasteiger partial charge in [-0.25, -0.2) is 8.42 Å². The van der Waals surface area contributed by atoms with Gasteiger partial charge >= 0.3 is 0 Å². The highest BCUT2D eigenvalue weighted by Gasteiger charge is 2.16. The fourth-order valence-corrected chi connectivity index (χ4v) is 1.57. The van der Waals surface area contributed by atoms with Gasteiger partial charge in [-0.1, -0.05) is 0 Å². The molecule has 7 heteroatoms. The topological polar surface area (TPSA) is 75.2 Å². The van der Waals surface area contributed by atoms with Crippen molar-refractivity contribution in [1.82, 2.24) is 15.5 Å². The standard InChI is InChI=1S/C8H14N4O2S/c1-9-6-7-4-5-10-11-8(7)12(2)15(3,13)14/h4-5,9H,6H2,1-3H3. The van der Waals surface area contributed by atoms with Gasteiger partial charge in [0.05, 0.1) is 12.5 Å². The van der Waals surface area contributed by atoms with Gasteiger partial charge in [0.15, 0.2) is 5.82 Å². The molecule has 0 aliphatic rings. The van der Waals surface area contributed by atoms with Gasteiger partial charge in [0.2, 0.25) is 10.0 Å². The molecule has 0 aromatic carbocycles. The second-order valence-corrected chi connectivity index (χ2v) is 5.15. The van der Waals surface area contributed by atoms with Crippen molar-refractivity contribution in [2.75, 3.05) is 24.7 Å². The molecule has 1 heterocycles. The van der Waals surface area contributed by atoms with E-state index < -0.39 is 10.0 Å². The van der Waals surface area contributed by atoms with E-state index in [1.54, 1.807) is 13.1 Å². The van der Waals surface area contributed by atoms with Gasteiger partial charge in [-0.05, 0) is 13.1 Å². The first-order valence-corrected chi connectivity index (χ1v) is 6.20. The fourth-order valence-electron chi connectivity index (χ4n) is 1.10. The third kappa shape index (κ3) is 2.87. The number of rotatable bonds is 4. The molecule has 0 bridgehead atoms. The van der Waals surface area contributed by atoms with Gasteiger partial charge < -0.3 is 5.32 Å². The zero-order valence-electron chi connectivity index (χ0n) is 8.93. The lowest BCUT2D eigenvalue weighted by atomic mass is 10.3. The summed E-state index contributed by atoms with van der Waals surface area (Å²) in [6.45, 7) is 0.546. The molecule has 0 radical (unpaired) electrons. The van der Waals surface area contributed by atoms with Crippen molar-refractivity contribution < 1.29 is 8.42 Å². The molecule has 0 aliphatic carbocycles. The van der Waals surface area contributed by atoms with Gasteiger partial charge in [0.25, 0.3) is 0 Å². The monoisotopic (exact) mass is 230 g/mol. The molecule has 1 aromatic rings. The Hall–Kier alpha value is -1.21. The van der Waals surface area contributed by atoms with E-state index in [1.807, 2.05) is 0 Å². The maximum absolute atomic E-state index is 11.3. The van der Waals surface area contributed by atoms with E-state index in [-0.39, 0.29) is 0 Å². The summed E-state index contributed by atoms with van der Waals surface area (Å²) in [5, 5.41) is 10.4. The van der Waals surface area contributed by atoms with Crippen LogP contribution in [0, 0.1) is 0 Å². The Kier molecular flexibility index (Phi) is 3.59. The highest BCUT2D eigenvalue weighted by Crippen LogP contribution is 2.16. The molecule has 15 heavy (non-hydrogen) atoms. The molecule has 0 saturated carbocycles. The molecule has 1 rings (SSSR count). The van der Waals surface area contributed by atoms with Crippen molar-refractivity contribution in [3.05, 3.63) is 17.8 Å². The molecule has 0 atom stereocenters. The predicted octanol–water partition coefficient (Wildman–Crippen LogP) is -0.408. The third-order valence-corrected chi connectivity index (χ3v) is 3.11. The molecular formula is C8H14N4O2S. The third-order valence-electron chi connectivity index (χ3n) is 1.95. The van der Waals surface area contributed by atoms with E-state index in [0.29, 0.717) is 12.4 Å². The smallest absolute Gasteiger partial charge is 0.233 e. The van der Waals surface area contributed by atoms with Crippen LogP contribution in [0.25, 0.3) is 0 Å². The molecule has 0 aliphatic heterocycles. The van der Waals surface area contributed by atoms with Crippen LogP contribution < -0.4 is 9.62 Å². The summed E-state index contributed by atoms with van der Waals surface area (Å²) in [6.07, 6.45) is 2.66. The first-order valence-electron chi connectivity index (χ1n) is 4.36. The fraction of sp³-hybridized carbons (Fsp3) is 0.500. The highest BCUT2D eigenvalue weighted by atomic mass is 32.2.